The SMILES string of the molecule is CCC1CCC(N2CCc3ccc(C(=O)O)cc32)CC1. The molecule has 0 amide bonds. The highest BCUT2D eigenvalue weighted by Gasteiger charge is 2.29. The van der Waals surface area contributed by atoms with E-state index in [-0.39, 0.29) is 0 Å². The topological polar surface area (TPSA) is 40.5 Å². The summed E-state index contributed by atoms with van der Waals surface area (Å²) in [5.41, 5.74) is 2.90. The molecule has 1 saturated carbocycles. The van der Waals surface area contributed by atoms with E-state index in [0.29, 0.717) is 11.6 Å². The van der Waals surface area contributed by atoms with Crippen LogP contribution in [0.1, 0.15) is 54.9 Å². The highest BCUT2D eigenvalue weighted by atomic mass is 16.4. The van der Waals surface area contributed by atoms with Gasteiger partial charge in [-0.25, -0.2) is 4.79 Å². The third-order valence-corrected chi connectivity index (χ3v) is 5.10. The van der Waals surface area contributed by atoms with Crippen LogP contribution >= 0.6 is 0 Å². The number of carbonyl (C=O) groups is 1. The summed E-state index contributed by atoms with van der Waals surface area (Å²) in [6, 6.07) is 6.22. The van der Waals surface area contributed by atoms with Gasteiger partial charge < -0.3 is 10.0 Å². The Morgan fingerprint density at radius 1 is 1.30 bits per heavy atom. The lowest BCUT2D eigenvalue weighted by Gasteiger charge is -2.36. The summed E-state index contributed by atoms with van der Waals surface area (Å²) < 4.78 is 0. The summed E-state index contributed by atoms with van der Waals surface area (Å²) in [5, 5.41) is 9.16. The molecule has 1 heterocycles. The number of benzene rings is 1. The average Bonchev–Trinajstić information content (AvgIpc) is 2.90. The molecule has 20 heavy (non-hydrogen) atoms. The first-order valence-corrected chi connectivity index (χ1v) is 7.82. The number of fused-ring (bicyclic) bond motifs is 1. The molecular weight excluding hydrogens is 250 g/mol. The van der Waals surface area contributed by atoms with Gasteiger partial charge in [0.2, 0.25) is 0 Å². The summed E-state index contributed by atoms with van der Waals surface area (Å²) in [6.45, 7) is 3.34. The molecule has 0 bridgehead atoms. The predicted molar refractivity (Wildman–Crippen MR) is 80.5 cm³/mol. The van der Waals surface area contributed by atoms with Crippen molar-refractivity contribution in [2.75, 3.05) is 11.4 Å². The Bertz CT molecular complexity index is 504. The van der Waals surface area contributed by atoms with Crippen LogP contribution in [-0.4, -0.2) is 23.7 Å². The maximum absolute atomic E-state index is 11.1. The fourth-order valence-corrected chi connectivity index (χ4v) is 3.78. The molecule has 1 aliphatic heterocycles. The van der Waals surface area contributed by atoms with E-state index >= 15 is 0 Å². The molecule has 1 N–H and O–H groups in total. The first-order chi connectivity index (χ1) is 9.69. The quantitative estimate of drug-likeness (QED) is 0.912. The zero-order valence-electron chi connectivity index (χ0n) is 12.1. The van der Waals surface area contributed by atoms with Gasteiger partial charge in [0.05, 0.1) is 5.56 Å². The van der Waals surface area contributed by atoms with Crippen molar-refractivity contribution in [3.8, 4) is 0 Å². The molecule has 1 fully saturated rings. The van der Waals surface area contributed by atoms with Crippen molar-refractivity contribution in [2.24, 2.45) is 5.92 Å². The Balaban J connectivity index is 1.78. The van der Waals surface area contributed by atoms with E-state index in [1.165, 1.54) is 43.4 Å². The zero-order valence-corrected chi connectivity index (χ0v) is 12.1. The van der Waals surface area contributed by atoms with Crippen molar-refractivity contribution in [3.63, 3.8) is 0 Å². The van der Waals surface area contributed by atoms with Gasteiger partial charge in [0.15, 0.2) is 0 Å². The number of hydrogen-bond acceptors (Lipinski definition) is 2. The minimum atomic E-state index is -0.825. The maximum Gasteiger partial charge on any atom is 0.335 e. The molecule has 1 aliphatic carbocycles. The zero-order chi connectivity index (χ0) is 14.1. The molecule has 0 radical (unpaired) electrons. The van der Waals surface area contributed by atoms with E-state index in [9.17, 15) is 4.79 Å². The first kappa shape index (κ1) is 13.5. The monoisotopic (exact) mass is 273 g/mol. The maximum atomic E-state index is 11.1. The van der Waals surface area contributed by atoms with E-state index in [0.717, 1.165) is 18.9 Å². The van der Waals surface area contributed by atoms with E-state index in [4.69, 9.17) is 5.11 Å². The first-order valence-electron chi connectivity index (χ1n) is 7.82. The highest BCUT2D eigenvalue weighted by Crippen LogP contribution is 2.37. The molecule has 2 aliphatic rings. The number of rotatable bonds is 3. The van der Waals surface area contributed by atoms with E-state index in [1.54, 1.807) is 6.07 Å². The molecular formula is C17H23NO2. The summed E-state index contributed by atoms with van der Waals surface area (Å²) in [6.07, 6.45) is 7.52. The molecule has 3 nitrogen and oxygen atoms in total. The summed E-state index contributed by atoms with van der Waals surface area (Å²) in [5.74, 6) is 0.0769. The normalized spacial score (nSPS) is 25.6. The van der Waals surface area contributed by atoms with Crippen LogP contribution in [0.3, 0.4) is 0 Å². The minimum absolute atomic E-state index is 0.415. The average molecular weight is 273 g/mol. The Labute approximate surface area is 120 Å². The van der Waals surface area contributed by atoms with Gasteiger partial charge >= 0.3 is 5.97 Å². The van der Waals surface area contributed by atoms with Crippen LogP contribution in [0.5, 0.6) is 0 Å². The second kappa shape index (κ2) is 5.47. The fraction of sp³-hybridized carbons (Fsp3) is 0.588. The summed E-state index contributed by atoms with van der Waals surface area (Å²) in [4.78, 5) is 13.6. The molecule has 3 heteroatoms. The van der Waals surface area contributed by atoms with Gasteiger partial charge in [0.1, 0.15) is 0 Å². The van der Waals surface area contributed by atoms with Crippen molar-refractivity contribution in [1.82, 2.24) is 0 Å². The third kappa shape index (κ3) is 2.41. The second-order valence-corrected chi connectivity index (χ2v) is 6.17. The summed E-state index contributed by atoms with van der Waals surface area (Å²) >= 11 is 0. The van der Waals surface area contributed by atoms with Crippen LogP contribution in [0.4, 0.5) is 5.69 Å². The van der Waals surface area contributed by atoms with Gasteiger partial charge in [-0.3, -0.25) is 0 Å². The molecule has 1 aromatic carbocycles. The van der Waals surface area contributed by atoms with Crippen LogP contribution < -0.4 is 4.90 Å². The number of aromatic carboxylic acids is 1. The van der Waals surface area contributed by atoms with Gasteiger partial charge in [-0.1, -0.05) is 19.4 Å². The van der Waals surface area contributed by atoms with E-state index in [2.05, 4.69) is 11.8 Å². The van der Waals surface area contributed by atoms with E-state index in [1.807, 2.05) is 12.1 Å². The van der Waals surface area contributed by atoms with Crippen LogP contribution in [0.25, 0.3) is 0 Å². The van der Waals surface area contributed by atoms with Gasteiger partial charge in [-0.05, 0) is 55.7 Å². The minimum Gasteiger partial charge on any atom is -0.478 e. The lowest BCUT2D eigenvalue weighted by Crippen LogP contribution is -2.37. The van der Waals surface area contributed by atoms with Crippen molar-refractivity contribution < 1.29 is 9.90 Å². The number of hydrogen-bond donors (Lipinski definition) is 1. The number of carboxylic acid groups (broad SMARTS) is 1. The highest BCUT2D eigenvalue weighted by molar-refractivity contribution is 5.89. The summed E-state index contributed by atoms with van der Waals surface area (Å²) in [7, 11) is 0. The molecule has 108 valence electrons. The van der Waals surface area contributed by atoms with Crippen molar-refractivity contribution in [3.05, 3.63) is 29.3 Å². The van der Waals surface area contributed by atoms with Gasteiger partial charge in [-0.2, -0.15) is 0 Å². The number of nitrogens with zero attached hydrogens (tertiary/aromatic N) is 1. The molecule has 0 atom stereocenters. The van der Waals surface area contributed by atoms with Gasteiger partial charge in [0.25, 0.3) is 0 Å². The lowest BCUT2D eigenvalue weighted by molar-refractivity contribution is 0.0697. The van der Waals surface area contributed by atoms with E-state index < -0.39 is 5.97 Å². The Morgan fingerprint density at radius 3 is 2.70 bits per heavy atom. The van der Waals surface area contributed by atoms with Crippen LogP contribution in [0.15, 0.2) is 18.2 Å². The van der Waals surface area contributed by atoms with Gasteiger partial charge in [0, 0.05) is 18.3 Å². The molecule has 0 spiro atoms. The van der Waals surface area contributed by atoms with Crippen LogP contribution in [-0.2, 0) is 6.42 Å². The Hall–Kier alpha value is -1.51. The third-order valence-electron chi connectivity index (χ3n) is 5.10. The number of anilines is 1. The molecule has 0 aromatic heterocycles. The van der Waals surface area contributed by atoms with Crippen molar-refractivity contribution in [1.29, 1.82) is 0 Å². The standard InChI is InChI=1S/C17H23NO2/c1-2-12-3-7-15(8-4-12)18-10-9-13-5-6-14(17(19)20)11-16(13)18/h5-6,11-12,15H,2-4,7-10H2,1H3,(H,19,20). The van der Waals surface area contributed by atoms with Gasteiger partial charge in [-0.15, -0.1) is 0 Å². The molecule has 3 rings (SSSR count). The lowest BCUT2D eigenvalue weighted by atomic mass is 9.84. The van der Waals surface area contributed by atoms with Crippen LogP contribution in [0.2, 0.25) is 0 Å². The smallest absolute Gasteiger partial charge is 0.335 e. The largest absolute Gasteiger partial charge is 0.478 e. The molecule has 0 saturated heterocycles. The van der Waals surface area contributed by atoms with Crippen LogP contribution in [0, 0.1) is 5.92 Å². The molecule has 0 unspecified atom stereocenters. The second-order valence-electron chi connectivity index (χ2n) is 6.17. The molecule has 1 aromatic rings. The predicted octanol–water partition coefficient (Wildman–Crippen LogP) is 3.72. The van der Waals surface area contributed by atoms with Crippen molar-refractivity contribution >= 4 is 11.7 Å². The Morgan fingerprint density at radius 2 is 2.05 bits per heavy atom. The number of carboxylic acids is 1. The Kier molecular flexibility index (Phi) is 3.68. The van der Waals surface area contributed by atoms with Crippen molar-refractivity contribution in [2.45, 2.75) is 51.5 Å². The fourth-order valence-electron chi connectivity index (χ4n) is 3.78.